The van der Waals surface area contributed by atoms with Gasteiger partial charge in [-0.05, 0) is 26.3 Å². The predicted octanol–water partition coefficient (Wildman–Crippen LogP) is 1.51. The highest BCUT2D eigenvalue weighted by Gasteiger charge is 2.40. The number of sulfonamides is 1. The van der Waals surface area contributed by atoms with Crippen LogP contribution in [0.15, 0.2) is 24.3 Å². The SMILES string of the molecule is Cc1cccc(CN2CCNCC(C)(C)S2(=O)=O)c1. The van der Waals surface area contributed by atoms with Crippen molar-refractivity contribution in [1.82, 2.24) is 9.62 Å². The summed E-state index contributed by atoms with van der Waals surface area (Å²) in [6.45, 7) is 7.77. The zero-order valence-corrected chi connectivity index (χ0v) is 12.6. The normalized spacial score (nSPS) is 22.9. The molecule has 1 fully saturated rings. The molecule has 4 nitrogen and oxygen atoms in total. The van der Waals surface area contributed by atoms with E-state index in [1.54, 1.807) is 18.2 Å². The average Bonchev–Trinajstić information content (AvgIpc) is 2.40. The fraction of sp³-hybridized carbons (Fsp3) is 0.571. The molecule has 1 aromatic carbocycles. The summed E-state index contributed by atoms with van der Waals surface area (Å²) in [6.07, 6.45) is 0. The minimum atomic E-state index is -3.28. The molecular formula is C14H22N2O2S. The van der Waals surface area contributed by atoms with Crippen molar-refractivity contribution in [3.05, 3.63) is 35.4 Å². The van der Waals surface area contributed by atoms with Crippen LogP contribution < -0.4 is 5.32 Å². The fourth-order valence-electron chi connectivity index (χ4n) is 2.33. The largest absolute Gasteiger partial charge is 0.314 e. The maximum Gasteiger partial charge on any atom is 0.220 e. The average molecular weight is 282 g/mol. The third-order valence-electron chi connectivity index (χ3n) is 3.57. The maximum atomic E-state index is 12.6. The molecule has 1 aliphatic rings. The lowest BCUT2D eigenvalue weighted by Crippen LogP contribution is -2.45. The van der Waals surface area contributed by atoms with Gasteiger partial charge in [-0.15, -0.1) is 0 Å². The van der Waals surface area contributed by atoms with Crippen LogP contribution in [0.3, 0.4) is 0 Å². The molecule has 0 radical (unpaired) electrons. The molecule has 1 aliphatic heterocycles. The number of nitrogens with one attached hydrogen (secondary N) is 1. The number of nitrogens with zero attached hydrogens (tertiary/aromatic N) is 1. The van der Waals surface area contributed by atoms with Crippen LogP contribution in [0.2, 0.25) is 0 Å². The summed E-state index contributed by atoms with van der Waals surface area (Å²) < 4.78 is 26.1. The molecule has 5 heteroatoms. The molecular weight excluding hydrogens is 260 g/mol. The van der Waals surface area contributed by atoms with Gasteiger partial charge in [-0.1, -0.05) is 29.8 Å². The quantitative estimate of drug-likeness (QED) is 0.894. The molecule has 0 aromatic heterocycles. The highest BCUT2D eigenvalue weighted by molar-refractivity contribution is 7.90. The van der Waals surface area contributed by atoms with Gasteiger partial charge < -0.3 is 5.32 Å². The second-order valence-electron chi connectivity index (χ2n) is 5.76. The number of rotatable bonds is 2. The van der Waals surface area contributed by atoms with E-state index in [0.717, 1.165) is 11.1 Å². The van der Waals surface area contributed by atoms with Crippen molar-refractivity contribution in [2.24, 2.45) is 0 Å². The van der Waals surface area contributed by atoms with Crippen LogP contribution in [0.1, 0.15) is 25.0 Å². The standard InChI is InChI=1S/C14H22N2O2S/c1-12-5-4-6-13(9-12)10-16-8-7-15-11-14(2,3)19(16,17)18/h4-6,9,15H,7-8,10-11H2,1-3H3. The van der Waals surface area contributed by atoms with Crippen LogP contribution >= 0.6 is 0 Å². The second-order valence-corrected chi connectivity index (χ2v) is 8.34. The van der Waals surface area contributed by atoms with Crippen LogP contribution in [0.5, 0.6) is 0 Å². The second kappa shape index (κ2) is 5.23. The van der Waals surface area contributed by atoms with E-state index >= 15 is 0 Å². The Morgan fingerprint density at radius 1 is 1.37 bits per heavy atom. The van der Waals surface area contributed by atoms with E-state index in [2.05, 4.69) is 5.32 Å². The van der Waals surface area contributed by atoms with Gasteiger partial charge in [0.1, 0.15) is 0 Å². The third-order valence-corrected chi connectivity index (χ3v) is 6.10. The summed E-state index contributed by atoms with van der Waals surface area (Å²) >= 11 is 0. The van der Waals surface area contributed by atoms with Crippen LogP contribution in [-0.4, -0.2) is 37.1 Å². The van der Waals surface area contributed by atoms with Crippen molar-refractivity contribution in [3.63, 3.8) is 0 Å². The Kier molecular flexibility index (Phi) is 3.99. The van der Waals surface area contributed by atoms with E-state index < -0.39 is 14.8 Å². The summed E-state index contributed by atoms with van der Waals surface area (Å²) in [5.41, 5.74) is 2.20. The van der Waals surface area contributed by atoms with Crippen molar-refractivity contribution in [2.75, 3.05) is 19.6 Å². The van der Waals surface area contributed by atoms with Gasteiger partial charge in [0.2, 0.25) is 10.0 Å². The molecule has 106 valence electrons. The van der Waals surface area contributed by atoms with Crippen molar-refractivity contribution >= 4 is 10.0 Å². The minimum absolute atomic E-state index is 0.453. The fourth-order valence-corrected chi connectivity index (χ4v) is 3.97. The molecule has 2 rings (SSSR count). The monoisotopic (exact) mass is 282 g/mol. The van der Waals surface area contributed by atoms with Gasteiger partial charge in [0.25, 0.3) is 0 Å². The summed E-state index contributed by atoms with van der Waals surface area (Å²) in [5, 5.41) is 3.20. The Morgan fingerprint density at radius 2 is 2.11 bits per heavy atom. The van der Waals surface area contributed by atoms with Crippen LogP contribution in [0.4, 0.5) is 0 Å². The Labute approximate surface area is 115 Å². The summed E-state index contributed by atoms with van der Waals surface area (Å²) in [5.74, 6) is 0. The highest BCUT2D eigenvalue weighted by atomic mass is 32.2. The molecule has 0 spiro atoms. The van der Waals surface area contributed by atoms with E-state index in [4.69, 9.17) is 0 Å². The third kappa shape index (κ3) is 2.99. The summed E-state index contributed by atoms with van der Waals surface area (Å²) in [4.78, 5) is 0. The number of hydrogen-bond donors (Lipinski definition) is 1. The van der Waals surface area contributed by atoms with Gasteiger partial charge in [0.15, 0.2) is 0 Å². The lowest BCUT2D eigenvalue weighted by molar-refractivity contribution is 0.407. The van der Waals surface area contributed by atoms with Gasteiger partial charge in [-0.25, -0.2) is 8.42 Å². The topological polar surface area (TPSA) is 49.4 Å². The zero-order chi connectivity index (χ0) is 14.1. The van der Waals surface area contributed by atoms with Crippen molar-refractivity contribution < 1.29 is 8.42 Å². The van der Waals surface area contributed by atoms with Gasteiger partial charge in [0.05, 0.1) is 4.75 Å². The molecule has 1 heterocycles. The molecule has 0 amide bonds. The zero-order valence-electron chi connectivity index (χ0n) is 11.8. The van der Waals surface area contributed by atoms with E-state index in [1.165, 1.54) is 0 Å². The van der Waals surface area contributed by atoms with E-state index in [-0.39, 0.29) is 0 Å². The molecule has 1 aromatic rings. The van der Waals surface area contributed by atoms with E-state index in [9.17, 15) is 8.42 Å². The molecule has 0 atom stereocenters. The number of hydrogen-bond acceptors (Lipinski definition) is 3. The number of benzene rings is 1. The van der Waals surface area contributed by atoms with Crippen LogP contribution in [-0.2, 0) is 16.6 Å². The highest BCUT2D eigenvalue weighted by Crippen LogP contribution is 2.24. The maximum absolute atomic E-state index is 12.6. The molecule has 0 saturated carbocycles. The summed E-state index contributed by atoms with van der Waals surface area (Å²) in [6, 6.07) is 8.01. The first-order valence-electron chi connectivity index (χ1n) is 6.59. The molecule has 1 saturated heterocycles. The minimum Gasteiger partial charge on any atom is -0.314 e. The molecule has 1 N–H and O–H groups in total. The van der Waals surface area contributed by atoms with Gasteiger partial charge in [0, 0.05) is 26.2 Å². The van der Waals surface area contributed by atoms with Crippen molar-refractivity contribution in [2.45, 2.75) is 32.1 Å². The van der Waals surface area contributed by atoms with E-state index in [0.29, 0.717) is 26.2 Å². The van der Waals surface area contributed by atoms with E-state index in [1.807, 2.05) is 31.2 Å². The first kappa shape index (κ1) is 14.5. The van der Waals surface area contributed by atoms with Gasteiger partial charge in [-0.3, -0.25) is 0 Å². The molecule has 0 aliphatic carbocycles. The Hall–Kier alpha value is -0.910. The van der Waals surface area contributed by atoms with Crippen LogP contribution in [0, 0.1) is 6.92 Å². The predicted molar refractivity (Wildman–Crippen MR) is 77.5 cm³/mol. The Balaban J connectivity index is 2.28. The molecule has 0 unspecified atom stereocenters. The lowest BCUT2D eigenvalue weighted by Gasteiger charge is -2.29. The smallest absolute Gasteiger partial charge is 0.220 e. The Morgan fingerprint density at radius 3 is 2.79 bits per heavy atom. The summed E-state index contributed by atoms with van der Waals surface area (Å²) in [7, 11) is -3.28. The van der Waals surface area contributed by atoms with Gasteiger partial charge >= 0.3 is 0 Å². The lowest BCUT2D eigenvalue weighted by atomic mass is 10.1. The van der Waals surface area contributed by atoms with Crippen LogP contribution in [0.25, 0.3) is 0 Å². The first-order valence-corrected chi connectivity index (χ1v) is 8.03. The van der Waals surface area contributed by atoms with Crippen molar-refractivity contribution in [1.29, 1.82) is 0 Å². The first-order chi connectivity index (χ1) is 8.83. The van der Waals surface area contributed by atoms with Gasteiger partial charge in [-0.2, -0.15) is 4.31 Å². The molecule has 19 heavy (non-hydrogen) atoms. The van der Waals surface area contributed by atoms with Crippen molar-refractivity contribution in [3.8, 4) is 0 Å². The Bertz CT molecular complexity index is 552. The molecule has 0 bridgehead atoms. The number of aryl methyl sites for hydroxylation is 1.